The molecule has 1 fully saturated rings. The van der Waals surface area contributed by atoms with Gasteiger partial charge in [-0.25, -0.2) is 0 Å². The summed E-state index contributed by atoms with van der Waals surface area (Å²) in [5.74, 6) is 2.72. The van der Waals surface area contributed by atoms with E-state index < -0.39 is 6.10 Å². The molecule has 1 heterocycles. The zero-order valence-corrected chi connectivity index (χ0v) is 41.5. The molecule has 1 aliphatic heterocycles. The number of rotatable bonds is 15. The Balaban J connectivity index is 1.23. The van der Waals surface area contributed by atoms with Crippen molar-refractivity contribution in [1.29, 1.82) is 0 Å². The fourth-order valence-electron chi connectivity index (χ4n) is 5.46. The Kier molecular flexibility index (Phi) is 14.8. The summed E-state index contributed by atoms with van der Waals surface area (Å²) < 4.78 is 35.8. The maximum atomic E-state index is 10.9. The molecule has 0 aliphatic carbocycles. The Morgan fingerprint density at radius 1 is 0.558 bits per heavy atom. The lowest BCUT2D eigenvalue weighted by Crippen LogP contribution is -2.26. The Morgan fingerprint density at radius 3 is 1.10 bits per heavy atom. The smallest absolute Gasteiger partial charge is 0.147 e. The van der Waals surface area contributed by atoms with Crippen molar-refractivity contribution < 1.29 is 28.8 Å². The van der Waals surface area contributed by atoms with Crippen LogP contribution in [-0.2, 0) is 15.6 Å². The van der Waals surface area contributed by atoms with Crippen LogP contribution in [0.3, 0.4) is 0 Å². The predicted molar refractivity (Wildman–Crippen MR) is 235 cm³/mol. The summed E-state index contributed by atoms with van der Waals surface area (Å²) in [6.45, 7) is 12.5. The standard InChI is InChI=1S/C38H36Br8O6/c1-6-48-33-25(39)7-19(8-26(33)40)37(2,3)20-9-27(41)34(28(42)10-20)50-15-23(47)16-51-35-29(43)11-21(12-30(35)44)38(4,5)22-13-31(45)36(32(46)14-22)52-18-24-17-49-24/h7-14,23-24,47H,6,15-18H2,1-5H3. The molecule has 0 bridgehead atoms. The first-order valence-electron chi connectivity index (χ1n) is 16.2. The number of hydrogen-bond acceptors (Lipinski definition) is 6. The first kappa shape index (κ1) is 43.0. The zero-order chi connectivity index (χ0) is 38.1. The third-order valence-electron chi connectivity index (χ3n) is 8.82. The van der Waals surface area contributed by atoms with Crippen LogP contribution in [0.5, 0.6) is 23.0 Å². The van der Waals surface area contributed by atoms with Gasteiger partial charge in [-0.2, -0.15) is 0 Å². The Morgan fingerprint density at radius 2 is 0.827 bits per heavy atom. The van der Waals surface area contributed by atoms with Gasteiger partial charge in [0.15, 0.2) is 0 Å². The number of ether oxygens (including phenoxy) is 5. The van der Waals surface area contributed by atoms with E-state index in [2.05, 4.69) is 179 Å². The fraction of sp³-hybridized carbons (Fsp3) is 0.368. The molecule has 0 radical (unpaired) electrons. The van der Waals surface area contributed by atoms with Crippen molar-refractivity contribution in [3.63, 3.8) is 0 Å². The van der Waals surface area contributed by atoms with Gasteiger partial charge in [0.2, 0.25) is 0 Å². The summed E-state index contributed by atoms with van der Waals surface area (Å²) in [5.41, 5.74) is 3.60. The highest BCUT2D eigenvalue weighted by Crippen LogP contribution is 2.46. The SMILES string of the molecule is CCOc1c(Br)cc(C(C)(C)c2cc(Br)c(OCC(O)COc3c(Br)cc(C(C)(C)c4cc(Br)c(OCC5CO5)c(Br)c4)cc3Br)c(Br)c2)cc1Br. The molecule has 1 saturated heterocycles. The quantitative estimate of drug-likeness (QED) is 0.120. The topological polar surface area (TPSA) is 69.7 Å². The molecular weight excluding hydrogens is 1190 g/mol. The summed E-state index contributed by atoms with van der Waals surface area (Å²) in [6.07, 6.45) is -0.730. The monoisotopic (exact) mass is 1220 g/mol. The highest BCUT2D eigenvalue weighted by molar-refractivity contribution is 9.12. The van der Waals surface area contributed by atoms with Crippen LogP contribution in [0, 0.1) is 0 Å². The second-order valence-corrected chi connectivity index (χ2v) is 20.1. The van der Waals surface area contributed by atoms with Crippen LogP contribution in [-0.4, -0.2) is 50.3 Å². The largest absolute Gasteiger partial charge is 0.492 e. The third-order valence-corrected chi connectivity index (χ3v) is 13.5. The molecule has 4 aromatic rings. The molecule has 0 saturated carbocycles. The van der Waals surface area contributed by atoms with Crippen molar-refractivity contribution in [2.45, 2.75) is 57.7 Å². The summed E-state index contributed by atoms with van der Waals surface area (Å²) in [4.78, 5) is 0. The number of hydrogen-bond donors (Lipinski definition) is 1. The van der Waals surface area contributed by atoms with E-state index in [9.17, 15) is 5.11 Å². The molecule has 0 amide bonds. The third kappa shape index (κ3) is 10.0. The van der Waals surface area contributed by atoms with E-state index in [0.717, 1.165) is 76.1 Å². The lowest BCUT2D eigenvalue weighted by atomic mass is 9.78. The van der Waals surface area contributed by atoms with Crippen LogP contribution in [0.25, 0.3) is 0 Å². The highest BCUT2D eigenvalue weighted by Gasteiger charge is 2.30. The van der Waals surface area contributed by atoms with Crippen LogP contribution in [0.4, 0.5) is 0 Å². The van der Waals surface area contributed by atoms with Crippen molar-refractivity contribution >= 4 is 127 Å². The lowest BCUT2D eigenvalue weighted by molar-refractivity contribution is 0.0615. The van der Waals surface area contributed by atoms with Gasteiger partial charge in [0.25, 0.3) is 0 Å². The highest BCUT2D eigenvalue weighted by atomic mass is 79.9. The van der Waals surface area contributed by atoms with Gasteiger partial charge >= 0.3 is 0 Å². The second kappa shape index (κ2) is 18.0. The molecular formula is C38H36Br8O6. The molecule has 1 N–H and O–H groups in total. The van der Waals surface area contributed by atoms with Crippen molar-refractivity contribution in [3.8, 4) is 23.0 Å². The lowest BCUT2D eigenvalue weighted by Gasteiger charge is -2.29. The van der Waals surface area contributed by atoms with E-state index in [0.29, 0.717) is 24.7 Å². The van der Waals surface area contributed by atoms with Crippen molar-refractivity contribution in [2.75, 3.05) is 33.0 Å². The van der Waals surface area contributed by atoms with Gasteiger partial charge < -0.3 is 28.8 Å². The molecule has 5 rings (SSSR count). The minimum absolute atomic E-state index is 0.0229. The molecule has 2 atom stereocenters. The van der Waals surface area contributed by atoms with Crippen LogP contribution in [0.2, 0.25) is 0 Å². The van der Waals surface area contributed by atoms with E-state index in [1.807, 2.05) is 31.2 Å². The second-order valence-electron chi connectivity index (χ2n) is 13.3. The molecule has 52 heavy (non-hydrogen) atoms. The Labute approximate surface area is 372 Å². The molecule has 14 heteroatoms. The molecule has 4 aromatic carbocycles. The average molecular weight is 1230 g/mol. The molecule has 280 valence electrons. The predicted octanol–water partition coefficient (Wildman–Crippen LogP) is 13.4. The zero-order valence-electron chi connectivity index (χ0n) is 28.8. The van der Waals surface area contributed by atoms with Crippen molar-refractivity contribution in [3.05, 3.63) is 107 Å². The van der Waals surface area contributed by atoms with E-state index >= 15 is 0 Å². The van der Waals surface area contributed by atoms with Gasteiger partial charge in [0, 0.05) is 10.8 Å². The van der Waals surface area contributed by atoms with Gasteiger partial charge in [0.05, 0.1) is 49.0 Å². The van der Waals surface area contributed by atoms with Crippen molar-refractivity contribution in [2.24, 2.45) is 0 Å². The molecule has 0 aromatic heterocycles. The summed E-state index contributed by atoms with van der Waals surface area (Å²) >= 11 is 29.5. The summed E-state index contributed by atoms with van der Waals surface area (Å²) in [5, 5.41) is 10.9. The van der Waals surface area contributed by atoms with Crippen molar-refractivity contribution in [1.82, 2.24) is 0 Å². The maximum Gasteiger partial charge on any atom is 0.147 e. The van der Waals surface area contributed by atoms with Crippen LogP contribution in [0.15, 0.2) is 84.3 Å². The molecule has 0 spiro atoms. The Hall–Kier alpha value is -0.160. The normalized spacial score (nSPS) is 15.0. The van der Waals surface area contributed by atoms with E-state index in [1.165, 1.54) is 0 Å². The first-order valence-corrected chi connectivity index (χ1v) is 22.6. The average Bonchev–Trinajstić information content (AvgIpc) is 3.89. The number of aliphatic hydroxyl groups excluding tert-OH is 1. The van der Waals surface area contributed by atoms with Crippen LogP contribution >= 0.6 is 127 Å². The van der Waals surface area contributed by atoms with E-state index in [4.69, 9.17) is 23.7 Å². The van der Waals surface area contributed by atoms with Gasteiger partial charge in [-0.05, 0) is 205 Å². The van der Waals surface area contributed by atoms with Gasteiger partial charge in [-0.15, -0.1) is 0 Å². The van der Waals surface area contributed by atoms with Gasteiger partial charge in [-0.3, -0.25) is 0 Å². The first-order chi connectivity index (χ1) is 24.4. The number of aliphatic hydroxyl groups is 1. The van der Waals surface area contributed by atoms with Crippen LogP contribution < -0.4 is 18.9 Å². The molecule has 1 aliphatic rings. The fourth-order valence-corrected chi connectivity index (χ4v) is 11.1. The summed E-state index contributed by atoms with van der Waals surface area (Å²) in [7, 11) is 0. The maximum absolute atomic E-state index is 10.9. The molecule has 2 unspecified atom stereocenters. The molecule has 6 nitrogen and oxygen atoms in total. The number of halogens is 8. The Bertz CT molecular complexity index is 1850. The van der Waals surface area contributed by atoms with Gasteiger partial charge in [0.1, 0.15) is 55.0 Å². The number of benzene rings is 4. The number of epoxide rings is 1. The summed E-state index contributed by atoms with van der Waals surface area (Å²) in [6, 6.07) is 16.5. The van der Waals surface area contributed by atoms with E-state index in [1.54, 1.807) is 0 Å². The van der Waals surface area contributed by atoms with Crippen LogP contribution in [0.1, 0.15) is 56.9 Å². The minimum atomic E-state index is -0.898. The minimum Gasteiger partial charge on any atom is -0.492 e. The van der Waals surface area contributed by atoms with Gasteiger partial charge in [-0.1, -0.05) is 27.7 Å². The van der Waals surface area contributed by atoms with E-state index in [-0.39, 0.29) is 30.1 Å².